The third-order valence-electron chi connectivity index (χ3n) is 4.58. The summed E-state index contributed by atoms with van der Waals surface area (Å²) >= 11 is 0. The number of benzene rings is 1. The molecule has 1 aliphatic rings. The number of hydrogen-bond acceptors (Lipinski definition) is 2. The van der Waals surface area contributed by atoms with E-state index in [1.165, 1.54) is 11.6 Å². The Bertz CT molecular complexity index is 663. The Morgan fingerprint density at radius 3 is 2.52 bits per heavy atom. The molecule has 1 aliphatic carbocycles. The van der Waals surface area contributed by atoms with Gasteiger partial charge in [0.25, 0.3) is 5.91 Å². The van der Waals surface area contributed by atoms with Gasteiger partial charge in [-0.15, -0.1) is 0 Å². The topological polar surface area (TPSA) is 46.9 Å². The molecule has 0 atom stereocenters. The predicted molar refractivity (Wildman–Crippen MR) is 82.4 cm³/mol. The fraction of sp³-hybridized carbons (Fsp3) is 0.412. The van der Waals surface area contributed by atoms with Crippen LogP contribution in [0.5, 0.6) is 0 Å². The van der Waals surface area contributed by atoms with Crippen LogP contribution in [0.15, 0.2) is 42.6 Å². The Balaban J connectivity index is 1.71. The second-order valence-corrected chi connectivity index (χ2v) is 5.99. The number of carbonyl (C=O) groups excluding carboxylic acids is 1. The first-order valence-electron chi connectivity index (χ1n) is 7.78. The van der Waals surface area contributed by atoms with Crippen LogP contribution in [-0.4, -0.2) is 22.2 Å². The van der Waals surface area contributed by atoms with Gasteiger partial charge in [-0.05, 0) is 24.5 Å². The van der Waals surface area contributed by atoms with E-state index in [1.54, 1.807) is 0 Å². The van der Waals surface area contributed by atoms with Crippen molar-refractivity contribution < 1.29 is 13.6 Å². The van der Waals surface area contributed by atoms with Crippen LogP contribution < -0.4 is 5.32 Å². The van der Waals surface area contributed by atoms with E-state index in [-0.39, 0.29) is 11.1 Å². The highest BCUT2D eigenvalue weighted by Gasteiger charge is 2.35. The van der Waals surface area contributed by atoms with E-state index in [0.29, 0.717) is 11.2 Å². The van der Waals surface area contributed by atoms with E-state index in [1.807, 2.05) is 18.2 Å². The van der Waals surface area contributed by atoms with E-state index in [9.17, 15) is 13.6 Å². The molecule has 1 aromatic carbocycles. The third-order valence-corrected chi connectivity index (χ3v) is 4.58. The molecule has 23 heavy (non-hydrogen) atoms. The highest BCUT2D eigenvalue weighted by atomic mass is 19.3. The Hall–Kier alpha value is -2.24. The fourth-order valence-electron chi connectivity index (χ4n) is 3.32. The number of halogens is 2. The minimum atomic E-state index is -2.73. The molecule has 1 N–H and O–H groups in total. The van der Waals surface area contributed by atoms with E-state index >= 15 is 0 Å². The number of rotatable bonds is 5. The lowest BCUT2D eigenvalue weighted by Gasteiger charge is -2.29. The van der Waals surface area contributed by atoms with Crippen molar-refractivity contribution in [2.24, 2.45) is 0 Å². The van der Waals surface area contributed by atoms with Gasteiger partial charge >= 0.3 is 6.55 Å². The third kappa shape index (κ3) is 3.25. The summed E-state index contributed by atoms with van der Waals surface area (Å²) in [5, 5.41) is 6.48. The van der Waals surface area contributed by atoms with Crippen LogP contribution in [0.25, 0.3) is 0 Å². The number of carbonyl (C=O) groups is 1. The molecule has 4 nitrogen and oxygen atoms in total. The maximum Gasteiger partial charge on any atom is 0.333 e. The monoisotopic (exact) mass is 319 g/mol. The first-order valence-corrected chi connectivity index (χ1v) is 7.78. The summed E-state index contributed by atoms with van der Waals surface area (Å²) in [6.07, 6.45) is 5.41. The van der Waals surface area contributed by atoms with Crippen molar-refractivity contribution in [2.45, 2.75) is 37.6 Å². The van der Waals surface area contributed by atoms with Crippen LogP contribution in [-0.2, 0) is 5.41 Å². The van der Waals surface area contributed by atoms with Crippen molar-refractivity contribution in [3.63, 3.8) is 0 Å². The molecule has 1 aromatic heterocycles. The molecule has 0 unspecified atom stereocenters. The number of nitrogens with zero attached hydrogens (tertiary/aromatic N) is 2. The van der Waals surface area contributed by atoms with Crippen LogP contribution >= 0.6 is 0 Å². The van der Waals surface area contributed by atoms with Crippen LogP contribution in [0.1, 0.15) is 48.3 Å². The molecule has 2 aromatic rings. The molecule has 1 amide bonds. The maximum absolute atomic E-state index is 12.5. The van der Waals surface area contributed by atoms with Crippen molar-refractivity contribution in [1.29, 1.82) is 0 Å². The summed E-state index contributed by atoms with van der Waals surface area (Å²) in [5.74, 6) is -0.411. The van der Waals surface area contributed by atoms with E-state index in [2.05, 4.69) is 22.5 Å². The Kier molecular flexibility index (Phi) is 4.41. The van der Waals surface area contributed by atoms with Crippen LogP contribution in [0.2, 0.25) is 0 Å². The van der Waals surface area contributed by atoms with Crippen LogP contribution in [0.3, 0.4) is 0 Å². The summed E-state index contributed by atoms with van der Waals surface area (Å²) in [7, 11) is 0. The fourth-order valence-corrected chi connectivity index (χ4v) is 3.32. The number of aromatic nitrogens is 2. The average molecular weight is 319 g/mol. The summed E-state index contributed by atoms with van der Waals surface area (Å²) in [6.45, 7) is -2.24. The van der Waals surface area contributed by atoms with Crippen molar-refractivity contribution in [3.8, 4) is 0 Å². The minimum absolute atomic E-state index is 0.0199. The molecule has 6 heteroatoms. The minimum Gasteiger partial charge on any atom is -0.350 e. The Labute approximate surface area is 133 Å². The van der Waals surface area contributed by atoms with Gasteiger partial charge in [-0.2, -0.15) is 13.9 Å². The first kappa shape index (κ1) is 15.6. The molecule has 0 radical (unpaired) electrons. The molecule has 3 rings (SSSR count). The Morgan fingerprint density at radius 2 is 1.91 bits per heavy atom. The van der Waals surface area contributed by atoms with Gasteiger partial charge in [-0.25, -0.2) is 4.68 Å². The average Bonchev–Trinajstić information content (AvgIpc) is 3.24. The lowest BCUT2D eigenvalue weighted by molar-refractivity contribution is 0.0559. The van der Waals surface area contributed by atoms with E-state index in [4.69, 9.17) is 0 Å². The van der Waals surface area contributed by atoms with Gasteiger partial charge in [0.05, 0.1) is 0 Å². The molecule has 122 valence electrons. The lowest BCUT2D eigenvalue weighted by atomic mass is 9.79. The molecular formula is C17H19F2N3O. The second-order valence-electron chi connectivity index (χ2n) is 5.99. The van der Waals surface area contributed by atoms with Gasteiger partial charge in [0.2, 0.25) is 0 Å². The van der Waals surface area contributed by atoms with Gasteiger partial charge < -0.3 is 5.32 Å². The molecule has 0 bridgehead atoms. The van der Waals surface area contributed by atoms with E-state index in [0.717, 1.165) is 31.9 Å². The molecule has 1 fully saturated rings. The maximum atomic E-state index is 12.5. The summed E-state index contributed by atoms with van der Waals surface area (Å²) in [4.78, 5) is 12.2. The van der Waals surface area contributed by atoms with Gasteiger partial charge in [0.15, 0.2) is 0 Å². The van der Waals surface area contributed by atoms with Gasteiger partial charge in [-0.3, -0.25) is 4.79 Å². The zero-order chi connectivity index (χ0) is 16.3. The molecule has 0 saturated heterocycles. The summed E-state index contributed by atoms with van der Waals surface area (Å²) < 4.78 is 25.5. The van der Waals surface area contributed by atoms with Crippen molar-refractivity contribution >= 4 is 5.91 Å². The predicted octanol–water partition coefficient (Wildman–Crippen LogP) is 3.52. The van der Waals surface area contributed by atoms with Gasteiger partial charge in [0, 0.05) is 18.2 Å². The number of nitrogens with one attached hydrogen (secondary N) is 1. The SMILES string of the molecule is O=C(NCC1(c2ccccc2)CCCC1)c1ccn(C(F)F)n1. The molecule has 0 aliphatic heterocycles. The lowest BCUT2D eigenvalue weighted by Crippen LogP contribution is -2.39. The second kappa shape index (κ2) is 6.48. The number of hydrogen-bond donors (Lipinski definition) is 1. The first-order chi connectivity index (χ1) is 11.1. The smallest absolute Gasteiger partial charge is 0.333 e. The zero-order valence-corrected chi connectivity index (χ0v) is 12.7. The van der Waals surface area contributed by atoms with E-state index < -0.39 is 12.5 Å². The Morgan fingerprint density at radius 1 is 1.22 bits per heavy atom. The molecular weight excluding hydrogens is 300 g/mol. The standard InChI is InChI=1S/C17H19F2N3O/c18-16(19)22-11-8-14(21-22)15(23)20-12-17(9-4-5-10-17)13-6-2-1-3-7-13/h1-3,6-8,11,16H,4-5,9-10,12H2,(H,20,23). The highest BCUT2D eigenvalue weighted by Crippen LogP contribution is 2.40. The van der Waals surface area contributed by atoms with Gasteiger partial charge in [-0.1, -0.05) is 43.2 Å². The highest BCUT2D eigenvalue weighted by molar-refractivity contribution is 5.92. The molecule has 1 heterocycles. The number of alkyl halides is 2. The van der Waals surface area contributed by atoms with Gasteiger partial charge in [0.1, 0.15) is 5.69 Å². The zero-order valence-electron chi connectivity index (χ0n) is 12.7. The summed E-state index contributed by atoms with van der Waals surface area (Å²) in [5.41, 5.74) is 1.17. The molecule has 1 saturated carbocycles. The largest absolute Gasteiger partial charge is 0.350 e. The van der Waals surface area contributed by atoms with Crippen LogP contribution in [0.4, 0.5) is 8.78 Å². The summed E-state index contributed by atoms with van der Waals surface area (Å²) in [6, 6.07) is 11.5. The van der Waals surface area contributed by atoms with Crippen molar-refractivity contribution in [3.05, 3.63) is 53.9 Å². The quantitative estimate of drug-likeness (QED) is 0.916. The number of amides is 1. The molecule has 0 spiro atoms. The van der Waals surface area contributed by atoms with Crippen LogP contribution in [0, 0.1) is 0 Å². The normalized spacial score (nSPS) is 16.7. The van der Waals surface area contributed by atoms with Crippen molar-refractivity contribution in [1.82, 2.24) is 15.1 Å². The van der Waals surface area contributed by atoms with Crippen molar-refractivity contribution in [2.75, 3.05) is 6.54 Å².